The maximum Gasteiger partial charge on any atom is 0.407 e. The number of alkyl carbamates (subject to hydrolysis) is 1. The molecule has 1 aromatic rings. The molecule has 2 rings (SSSR count). The van der Waals surface area contributed by atoms with E-state index in [2.05, 4.69) is 10.3 Å². The van der Waals surface area contributed by atoms with Gasteiger partial charge in [0.05, 0.1) is 0 Å². The van der Waals surface area contributed by atoms with Crippen LogP contribution in [-0.4, -0.2) is 61.2 Å². The van der Waals surface area contributed by atoms with Crippen molar-refractivity contribution in [1.82, 2.24) is 15.2 Å². The summed E-state index contributed by atoms with van der Waals surface area (Å²) in [5, 5.41) is 2.79. The van der Waals surface area contributed by atoms with E-state index in [0.717, 1.165) is 12.2 Å². The Bertz CT molecular complexity index is 625. The zero-order chi connectivity index (χ0) is 18.6. The van der Waals surface area contributed by atoms with Crippen LogP contribution in [0.15, 0.2) is 18.3 Å². The summed E-state index contributed by atoms with van der Waals surface area (Å²) in [6.45, 7) is 7.34. The van der Waals surface area contributed by atoms with Crippen molar-refractivity contribution in [2.75, 3.05) is 38.6 Å². The van der Waals surface area contributed by atoms with Gasteiger partial charge in [-0.3, -0.25) is 4.79 Å². The van der Waals surface area contributed by atoms with E-state index >= 15 is 0 Å². The lowest BCUT2D eigenvalue weighted by Gasteiger charge is -2.21. The van der Waals surface area contributed by atoms with Gasteiger partial charge in [-0.2, -0.15) is 0 Å². The molecule has 1 aliphatic rings. The lowest BCUT2D eigenvalue weighted by molar-refractivity contribution is 0.0520. The highest BCUT2D eigenvalue weighted by atomic mass is 16.6. The van der Waals surface area contributed by atoms with Crippen LogP contribution < -0.4 is 10.2 Å². The van der Waals surface area contributed by atoms with Crippen LogP contribution in [0.3, 0.4) is 0 Å². The van der Waals surface area contributed by atoms with Crippen LogP contribution in [0.4, 0.5) is 10.6 Å². The molecule has 1 aliphatic heterocycles. The van der Waals surface area contributed by atoms with Gasteiger partial charge in [0.1, 0.15) is 11.4 Å². The first kappa shape index (κ1) is 19.0. The quantitative estimate of drug-likeness (QED) is 0.902. The van der Waals surface area contributed by atoms with E-state index < -0.39 is 11.7 Å². The molecule has 0 radical (unpaired) electrons. The number of rotatable bonds is 4. The van der Waals surface area contributed by atoms with Crippen LogP contribution in [0, 0.1) is 5.92 Å². The summed E-state index contributed by atoms with van der Waals surface area (Å²) in [6, 6.07) is 3.54. The molecule has 0 spiro atoms. The van der Waals surface area contributed by atoms with Gasteiger partial charge in [-0.15, -0.1) is 0 Å². The van der Waals surface area contributed by atoms with Crippen molar-refractivity contribution in [3.05, 3.63) is 23.9 Å². The normalized spacial score (nSPS) is 17.3. The van der Waals surface area contributed by atoms with Crippen molar-refractivity contribution in [1.29, 1.82) is 0 Å². The van der Waals surface area contributed by atoms with Crippen molar-refractivity contribution in [2.45, 2.75) is 32.8 Å². The highest BCUT2D eigenvalue weighted by Crippen LogP contribution is 2.20. The van der Waals surface area contributed by atoms with Crippen molar-refractivity contribution >= 4 is 17.8 Å². The third kappa shape index (κ3) is 5.62. The summed E-state index contributed by atoms with van der Waals surface area (Å²) in [6.07, 6.45) is 2.11. The highest BCUT2D eigenvalue weighted by molar-refractivity contribution is 5.95. The number of hydrogen-bond donors (Lipinski definition) is 1. The first-order chi connectivity index (χ1) is 11.7. The fourth-order valence-corrected chi connectivity index (χ4v) is 2.70. The number of nitrogens with one attached hydrogen (secondary N) is 1. The Hall–Kier alpha value is -2.31. The standard InChI is InChI=1S/C18H28N4O3/c1-18(2,3)25-17(24)20-11-13-7-9-22(12-13)16(23)14-6-8-19-15(10-14)21(4)5/h6,8,10,13H,7,9,11-12H2,1-5H3,(H,20,24). The number of amides is 2. The number of carbonyl (C=O) groups is 2. The summed E-state index contributed by atoms with van der Waals surface area (Å²) in [5.74, 6) is 1.00. The van der Waals surface area contributed by atoms with E-state index in [1.165, 1.54) is 0 Å². The second-order valence-electron chi connectivity index (χ2n) is 7.59. The summed E-state index contributed by atoms with van der Waals surface area (Å²) < 4.78 is 5.23. The number of pyridine rings is 1. The minimum atomic E-state index is -0.507. The van der Waals surface area contributed by atoms with Gasteiger partial charge in [0.15, 0.2) is 0 Å². The second kappa shape index (κ2) is 7.72. The van der Waals surface area contributed by atoms with Crippen LogP contribution in [0.5, 0.6) is 0 Å². The fraction of sp³-hybridized carbons (Fsp3) is 0.611. The van der Waals surface area contributed by atoms with Gasteiger partial charge < -0.3 is 19.9 Å². The van der Waals surface area contributed by atoms with Gasteiger partial charge in [-0.25, -0.2) is 9.78 Å². The van der Waals surface area contributed by atoms with E-state index in [-0.39, 0.29) is 11.8 Å². The molecule has 1 fully saturated rings. The maximum absolute atomic E-state index is 12.7. The van der Waals surface area contributed by atoms with Crippen LogP contribution in [0.2, 0.25) is 0 Å². The van der Waals surface area contributed by atoms with Gasteiger partial charge >= 0.3 is 6.09 Å². The molecule has 1 N–H and O–H groups in total. The number of aromatic nitrogens is 1. The average Bonchev–Trinajstić information content (AvgIpc) is 2.99. The predicted molar refractivity (Wildman–Crippen MR) is 96.8 cm³/mol. The summed E-state index contributed by atoms with van der Waals surface area (Å²) in [4.78, 5) is 32.3. The summed E-state index contributed by atoms with van der Waals surface area (Å²) >= 11 is 0. The second-order valence-corrected chi connectivity index (χ2v) is 7.59. The van der Waals surface area contributed by atoms with Crippen LogP contribution >= 0.6 is 0 Å². The monoisotopic (exact) mass is 348 g/mol. The number of nitrogens with zero attached hydrogens (tertiary/aromatic N) is 3. The molecule has 0 saturated carbocycles. The van der Waals surface area contributed by atoms with Gasteiger partial charge in [0.2, 0.25) is 0 Å². The van der Waals surface area contributed by atoms with Gasteiger partial charge in [0, 0.05) is 45.5 Å². The average molecular weight is 348 g/mol. The molecule has 7 nitrogen and oxygen atoms in total. The Kier molecular flexibility index (Phi) is 5.87. The molecule has 1 saturated heterocycles. The highest BCUT2D eigenvalue weighted by Gasteiger charge is 2.28. The minimum absolute atomic E-state index is 0.00488. The van der Waals surface area contributed by atoms with Crippen molar-refractivity contribution in [3.8, 4) is 0 Å². The molecule has 1 atom stereocenters. The lowest BCUT2D eigenvalue weighted by atomic mass is 10.1. The number of hydrogen-bond acceptors (Lipinski definition) is 5. The molecule has 1 aromatic heterocycles. The number of likely N-dealkylation sites (tertiary alicyclic amines) is 1. The van der Waals surface area contributed by atoms with Crippen LogP contribution in [0.25, 0.3) is 0 Å². The van der Waals surface area contributed by atoms with Crippen LogP contribution in [-0.2, 0) is 4.74 Å². The number of carbonyl (C=O) groups excluding carboxylic acids is 2. The number of anilines is 1. The zero-order valence-electron chi connectivity index (χ0n) is 15.7. The smallest absolute Gasteiger partial charge is 0.407 e. The molecular formula is C18H28N4O3. The largest absolute Gasteiger partial charge is 0.444 e. The number of ether oxygens (including phenoxy) is 1. The Balaban J connectivity index is 1.87. The third-order valence-corrected chi connectivity index (χ3v) is 3.96. The van der Waals surface area contributed by atoms with E-state index in [4.69, 9.17) is 4.74 Å². The summed E-state index contributed by atoms with van der Waals surface area (Å²) in [7, 11) is 3.79. The Morgan fingerprint density at radius 1 is 1.40 bits per heavy atom. The maximum atomic E-state index is 12.7. The molecule has 2 heterocycles. The lowest BCUT2D eigenvalue weighted by Crippen LogP contribution is -2.36. The first-order valence-electron chi connectivity index (χ1n) is 8.55. The molecule has 0 aliphatic carbocycles. The fourth-order valence-electron chi connectivity index (χ4n) is 2.70. The molecule has 7 heteroatoms. The molecule has 2 amide bonds. The van der Waals surface area contributed by atoms with Gasteiger partial charge in [-0.05, 0) is 45.2 Å². The van der Waals surface area contributed by atoms with E-state index in [0.29, 0.717) is 25.2 Å². The van der Waals surface area contributed by atoms with E-state index in [1.54, 1.807) is 18.3 Å². The van der Waals surface area contributed by atoms with Gasteiger partial charge in [-0.1, -0.05) is 0 Å². The summed E-state index contributed by atoms with van der Waals surface area (Å²) in [5.41, 5.74) is 0.132. The molecule has 0 bridgehead atoms. The topological polar surface area (TPSA) is 74.8 Å². The third-order valence-electron chi connectivity index (χ3n) is 3.96. The zero-order valence-corrected chi connectivity index (χ0v) is 15.7. The van der Waals surface area contributed by atoms with Crippen molar-refractivity contribution in [2.24, 2.45) is 5.92 Å². The Morgan fingerprint density at radius 3 is 2.76 bits per heavy atom. The van der Waals surface area contributed by atoms with Crippen molar-refractivity contribution < 1.29 is 14.3 Å². The molecule has 138 valence electrons. The molecule has 0 aromatic carbocycles. The van der Waals surface area contributed by atoms with Crippen molar-refractivity contribution in [3.63, 3.8) is 0 Å². The Morgan fingerprint density at radius 2 is 2.12 bits per heavy atom. The molecular weight excluding hydrogens is 320 g/mol. The predicted octanol–water partition coefficient (Wildman–Crippen LogP) is 2.13. The van der Waals surface area contributed by atoms with E-state index in [1.807, 2.05) is 44.7 Å². The first-order valence-corrected chi connectivity index (χ1v) is 8.55. The molecule has 25 heavy (non-hydrogen) atoms. The van der Waals surface area contributed by atoms with E-state index in [9.17, 15) is 9.59 Å². The Labute approximate surface area is 149 Å². The molecule has 1 unspecified atom stereocenters. The SMILES string of the molecule is CN(C)c1cc(C(=O)N2CCC(CNC(=O)OC(C)(C)C)C2)ccn1. The minimum Gasteiger partial charge on any atom is -0.444 e. The van der Waals surface area contributed by atoms with Crippen LogP contribution in [0.1, 0.15) is 37.6 Å². The van der Waals surface area contributed by atoms with Gasteiger partial charge in [0.25, 0.3) is 5.91 Å².